The molecule has 1 rings (SSSR count). The van der Waals surface area contributed by atoms with Gasteiger partial charge in [-0.15, -0.1) is 0 Å². The second-order valence-electron chi connectivity index (χ2n) is 6.90. The Kier molecular flexibility index (Phi) is 5.11. The van der Waals surface area contributed by atoms with Gasteiger partial charge in [-0.25, -0.2) is 0 Å². The molecule has 1 heterocycles. The Morgan fingerprint density at radius 1 is 1.33 bits per heavy atom. The van der Waals surface area contributed by atoms with Crippen LogP contribution in [-0.2, 0) is 4.79 Å². The third-order valence-corrected chi connectivity index (χ3v) is 3.31. The van der Waals surface area contributed by atoms with E-state index in [2.05, 4.69) is 25.7 Å². The van der Waals surface area contributed by atoms with Crippen LogP contribution in [-0.4, -0.2) is 41.0 Å². The van der Waals surface area contributed by atoms with E-state index in [0.29, 0.717) is 6.42 Å². The molecule has 0 aromatic carbocycles. The van der Waals surface area contributed by atoms with Crippen LogP contribution in [0.25, 0.3) is 0 Å². The summed E-state index contributed by atoms with van der Waals surface area (Å²) in [6.07, 6.45) is 5.89. The first-order chi connectivity index (χ1) is 8.18. The molecule has 0 aromatic rings. The van der Waals surface area contributed by atoms with E-state index < -0.39 is 5.60 Å². The van der Waals surface area contributed by atoms with Gasteiger partial charge >= 0.3 is 0 Å². The molecule has 0 saturated carbocycles. The Labute approximate surface area is 111 Å². The normalized spacial score (nSPS) is 21.4. The monoisotopic (exact) mass is 253 g/mol. The van der Waals surface area contributed by atoms with Crippen molar-refractivity contribution in [3.8, 4) is 0 Å². The number of likely N-dealkylation sites (tertiary alicyclic amines) is 1. The van der Waals surface area contributed by atoms with Crippen molar-refractivity contribution < 1.29 is 9.90 Å². The Morgan fingerprint density at radius 3 is 2.39 bits per heavy atom. The topological polar surface area (TPSA) is 40.5 Å². The number of ketones is 1. The molecule has 3 heteroatoms. The molecular weight excluding hydrogens is 226 g/mol. The highest BCUT2D eigenvalue weighted by atomic mass is 16.3. The summed E-state index contributed by atoms with van der Waals surface area (Å²) in [6, 6.07) is 0. The fourth-order valence-corrected chi connectivity index (χ4v) is 2.13. The maximum Gasteiger partial charge on any atom is 0.155 e. The van der Waals surface area contributed by atoms with Gasteiger partial charge in [0.15, 0.2) is 5.78 Å². The van der Waals surface area contributed by atoms with Crippen LogP contribution in [0.2, 0.25) is 0 Å². The molecule has 104 valence electrons. The van der Waals surface area contributed by atoms with Crippen molar-refractivity contribution in [3.63, 3.8) is 0 Å². The predicted molar refractivity (Wildman–Crippen MR) is 74.5 cm³/mol. The molecule has 0 spiro atoms. The number of hydrogen-bond donors (Lipinski definition) is 1. The lowest BCUT2D eigenvalue weighted by Gasteiger charge is -2.35. The van der Waals surface area contributed by atoms with Crippen LogP contribution >= 0.6 is 0 Å². The van der Waals surface area contributed by atoms with Crippen LogP contribution in [0.5, 0.6) is 0 Å². The number of hydrogen-bond acceptors (Lipinski definition) is 3. The lowest BCUT2D eigenvalue weighted by molar-refractivity contribution is -0.116. The van der Waals surface area contributed by atoms with Crippen molar-refractivity contribution in [1.82, 2.24) is 4.90 Å². The summed E-state index contributed by atoms with van der Waals surface area (Å²) >= 11 is 0. The molecule has 0 unspecified atom stereocenters. The molecule has 0 aliphatic carbocycles. The summed E-state index contributed by atoms with van der Waals surface area (Å²) in [5, 5.41) is 9.83. The molecule has 0 aromatic heterocycles. The summed E-state index contributed by atoms with van der Waals surface area (Å²) in [7, 11) is 0. The van der Waals surface area contributed by atoms with E-state index in [1.807, 2.05) is 13.0 Å². The number of rotatable bonds is 4. The van der Waals surface area contributed by atoms with E-state index in [1.165, 1.54) is 0 Å². The van der Waals surface area contributed by atoms with E-state index in [9.17, 15) is 9.90 Å². The zero-order valence-corrected chi connectivity index (χ0v) is 12.2. The van der Waals surface area contributed by atoms with Crippen molar-refractivity contribution in [3.05, 3.63) is 12.2 Å². The van der Waals surface area contributed by atoms with Gasteiger partial charge in [-0.3, -0.25) is 9.69 Å². The van der Waals surface area contributed by atoms with Gasteiger partial charge in [0.25, 0.3) is 0 Å². The first-order valence-electron chi connectivity index (χ1n) is 6.82. The van der Waals surface area contributed by atoms with Crippen molar-refractivity contribution in [2.45, 2.75) is 52.6 Å². The molecule has 1 aliphatic heterocycles. The molecule has 1 N–H and O–H groups in total. The Hall–Kier alpha value is -0.670. The fraction of sp³-hybridized carbons (Fsp3) is 0.800. The molecule has 0 radical (unpaired) electrons. The molecule has 0 amide bonds. The summed E-state index contributed by atoms with van der Waals surface area (Å²) in [5.41, 5.74) is -0.437. The highest BCUT2D eigenvalue weighted by molar-refractivity contribution is 5.90. The second-order valence-corrected chi connectivity index (χ2v) is 6.90. The molecule has 0 atom stereocenters. The average molecular weight is 253 g/mol. The number of carbonyl (C=O) groups is 1. The van der Waals surface area contributed by atoms with Gasteiger partial charge in [0.2, 0.25) is 0 Å². The summed E-state index contributed by atoms with van der Waals surface area (Å²) in [6.45, 7) is 10.7. The number of aliphatic hydroxyl groups is 1. The molecular formula is C15H27NO2. The minimum atomic E-state index is -0.498. The maximum atomic E-state index is 11.7. The average Bonchev–Trinajstić information content (AvgIpc) is 2.18. The Bertz CT molecular complexity index is 303. The van der Waals surface area contributed by atoms with Crippen LogP contribution < -0.4 is 0 Å². The maximum absolute atomic E-state index is 11.7. The molecule has 1 aliphatic rings. The summed E-state index contributed by atoms with van der Waals surface area (Å²) in [5.74, 6) is 0.200. The Balaban J connectivity index is 2.27. The van der Waals surface area contributed by atoms with Crippen molar-refractivity contribution >= 4 is 5.78 Å². The molecule has 3 nitrogen and oxygen atoms in total. The van der Waals surface area contributed by atoms with Crippen LogP contribution in [0, 0.1) is 5.41 Å². The van der Waals surface area contributed by atoms with Gasteiger partial charge in [-0.1, -0.05) is 26.8 Å². The lowest BCUT2D eigenvalue weighted by Crippen LogP contribution is -2.42. The molecule has 18 heavy (non-hydrogen) atoms. The number of nitrogens with zero attached hydrogens (tertiary/aromatic N) is 1. The van der Waals surface area contributed by atoms with Crippen LogP contribution in [0.4, 0.5) is 0 Å². The molecule has 0 bridgehead atoms. The molecule has 1 saturated heterocycles. The van der Waals surface area contributed by atoms with Gasteiger partial charge in [0.05, 0.1) is 5.60 Å². The number of allylic oxidation sites excluding steroid dienone is 1. The summed E-state index contributed by atoms with van der Waals surface area (Å²) in [4.78, 5) is 13.9. The van der Waals surface area contributed by atoms with E-state index in [1.54, 1.807) is 6.08 Å². The fourth-order valence-electron chi connectivity index (χ4n) is 2.13. The van der Waals surface area contributed by atoms with E-state index >= 15 is 0 Å². The van der Waals surface area contributed by atoms with E-state index in [0.717, 1.165) is 32.5 Å². The van der Waals surface area contributed by atoms with Crippen LogP contribution in [0.1, 0.15) is 47.0 Å². The Morgan fingerprint density at radius 2 is 1.89 bits per heavy atom. The van der Waals surface area contributed by atoms with E-state index in [-0.39, 0.29) is 11.2 Å². The first kappa shape index (κ1) is 15.4. The minimum Gasteiger partial charge on any atom is -0.390 e. The smallest absolute Gasteiger partial charge is 0.155 e. The van der Waals surface area contributed by atoms with Gasteiger partial charge in [-0.2, -0.15) is 0 Å². The van der Waals surface area contributed by atoms with Crippen molar-refractivity contribution in [1.29, 1.82) is 0 Å². The van der Waals surface area contributed by atoms with Gasteiger partial charge < -0.3 is 5.11 Å². The first-order valence-corrected chi connectivity index (χ1v) is 6.82. The third-order valence-electron chi connectivity index (χ3n) is 3.31. The third kappa shape index (κ3) is 6.31. The lowest BCUT2D eigenvalue weighted by atomic mass is 9.90. The van der Waals surface area contributed by atoms with Gasteiger partial charge in [0.1, 0.15) is 0 Å². The van der Waals surface area contributed by atoms with Crippen molar-refractivity contribution in [2.75, 3.05) is 19.6 Å². The SMILES string of the molecule is CC(C)(C)CC(=O)/C=C/CN1CCC(C)(O)CC1. The predicted octanol–water partition coefficient (Wildman–Crippen LogP) is 2.39. The van der Waals surface area contributed by atoms with Crippen LogP contribution in [0.3, 0.4) is 0 Å². The second kappa shape index (κ2) is 5.98. The summed E-state index contributed by atoms with van der Waals surface area (Å²) < 4.78 is 0. The standard InChI is InChI=1S/C15H27NO2/c1-14(2,3)12-13(17)6-5-9-16-10-7-15(4,18)8-11-16/h5-6,18H,7-12H2,1-4H3/b6-5+. The quantitative estimate of drug-likeness (QED) is 0.782. The van der Waals surface area contributed by atoms with E-state index in [4.69, 9.17) is 0 Å². The van der Waals surface area contributed by atoms with Gasteiger partial charge in [0, 0.05) is 26.1 Å². The number of piperidine rings is 1. The zero-order valence-electron chi connectivity index (χ0n) is 12.2. The minimum absolute atomic E-state index is 0.0608. The van der Waals surface area contributed by atoms with Gasteiger partial charge in [-0.05, 0) is 31.3 Å². The van der Waals surface area contributed by atoms with Crippen molar-refractivity contribution in [2.24, 2.45) is 5.41 Å². The highest BCUT2D eigenvalue weighted by Crippen LogP contribution is 2.21. The molecule has 1 fully saturated rings. The largest absolute Gasteiger partial charge is 0.390 e. The number of carbonyl (C=O) groups excluding carboxylic acids is 1. The van der Waals surface area contributed by atoms with Crippen LogP contribution in [0.15, 0.2) is 12.2 Å². The zero-order chi connectivity index (χ0) is 13.8. The highest BCUT2D eigenvalue weighted by Gasteiger charge is 2.26.